The topological polar surface area (TPSA) is 25.8 Å². The van der Waals surface area contributed by atoms with Crippen molar-refractivity contribution in [3.63, 3.8) is 0 Å². The Labute approximate surface area is 104 Å². The summed E-state index contributed by atoms with van der Waals surface area (Å²) in [7, 11) is 0. The molecule has 1 heterocycles. The number of hydrogen-bond acceptors (Lipinski definition) is 2. The van der Waals surface area contributed by atoms with Crippen LogP contribution in [0.25, 0.3) is 11.4 Å². The molecule has 0 aliphatic rings. The molecule has 0 saturated carbocycles. The molecule has 0 aliphatic carbocycles. The second-order valence-corrected chi connectivity index (χ2v) is 4.13. The first-order valence-electron chi connectivity index (χ1n) is 5.40. The van der Waals surface area contributed by atoms with Crippen LogP contribution in [0.3, 0.4) is 0 Å². The highest BCUT2D eigenvalue weighted by Crippen LogP contribution is 2.22. The van der Waals surface area contributed by atoms with Gasteiger partial charge in [-0.05, 0) is 25.5 Å². The summed E-state index contributed by atoms with van der Waals surface area (Å²) in [5, 5.41) is 0.427. The summed E-state index contributed by atoms with van der Waals surface area (Å²) >= 11 is 6.04. The molecule has 0 saturated heterocycles. The van der Waals surface area contributed by atoms with Crippen molar-refractivity contribution in [2.45, 2.75) is 20.3 Å². The Balaban J connectivity index is 2.56. The SMILES string of the molecule is CCc1nc(-c2cccc(F)c2)nc(Cl)c1C. The normalized spacial score (nSPS) is 10.6. The molecule has 0 spiro atoms. The summed E-state index contributed by atoms with van der Waals surface area (Å²) in [5.74, 6) is 0.165. The molecule has 88 valence electrons. The molecule has 17 heavy (non-hydrogen) atoms. The fourth-order valence-electron chi connectivity index (χ4n) is 1.63. The van der Waals surface area contributed by atoms with Gasteiger partial charge >= 0.3 is 0 Å². The molecule has 0 radical (unpaired) electrons. The van der Waals surface area contributed by atoms with E-state index < -0.39 is 0 Å². The molecule has 2 nitrogen and oxygen atoms in total. The van der Waals surface area contributed by atoms with Crippen LogP contribution in [0.4, 0.5) is 4.39 Å². The number of rotatable bonds is 2. The predicted octanol–water partition coefficient (Wildman–Crippen LogP) is 3.81. The van der Waals surface area contributed by atoms with E-state index in [2.05, 4.69) is 9.97 Å². The maximum atomic E-state index is 13.1. The summed E-state index contributed by atoms with van der Waals surface area (Å²) in [5.41, 5.74) is 2.42. The first-order chi connectivity index (χ1) is 8.11. The number of nitrogens with zero attached hydrogens (tertiary/aromatic N) is 2. The Bertz CT molecular complexity index is 555. The third-order valence-electron chi connectivity index (χ3n) is 2.60. The number of halogens is 2. The van der Waals surface area contributed by atoms with E-state index in [1.807, 2.05) is 13.8 Å². The van der Waals surface area contributed by atoms with Gasteiger partial charge in [0.15, 0.2) is 5.82 Å². The zero-order valence-electron chi connectivity index (χ0n) is 9.67. The zero-order valence-corrected chi connectivity index (χ0v) is 10.4. The van der Waals surface area contributed by atoms with Crippen molar-refractivity contribution in [3.8, 4) is 11.4 Å². The van der Waals surface area contributed by atoms with E-state index >= 15 is 0 Å². The second-order valence-electron chi connectivity index (χ2n) is 3.77. The van der Waals surface area contributed by atoms with Crippen molar-refractivity contribution >= 4 is 11.6 Å². The number of aromatic nitrogens is 2. The highest BCUT2D eigenvalue weighted by molar-refractivity contribution is 6.30. The van der Waals surface area contributed by atoms with Gasteiger partial charge in [0.25, 0.3) is 0 Å². The van der Waals surface area contributed by atoms with E-state index in [1.165, 1.54) is 12.1 Å². The fourth-order valence-corrected chi connectivity index (χ4v) is 1.82. The molecule has 4 heteroatoms. The molecular weight excluding hydrogens is 239 g/mol. The standard InChI is InChI=1S/C13H12ClFN2/c1-3-11-8(2)12(14)17-13(16-11)9-5-4-6-10(15)7-9/h4-7H,3H2,1-2H3. The van der Waals surface area contributed by atoms with Crippen molar-refractivity contribution in [3.05, 3.63) is 46.5 Å². The van der Waals surface area contributed by atoms with Crippen molar-refractivity contribution in [1.82, 2.24) is 9.97 Å². The first-order valence-corrected chi connectivity index (χ1v) is 5.78. The Morgan fingerprint density at radius 1 is 1.29 bits per heavy atom. The molecule has 0 fully saturated rings. The third kappa shape index (κ3) is 2.44. The molecule has 2 rings (SSSR count). The number of benzene rings is 1. The average molecular weight is 251 g/mol. The van der Waals surface area contributed by atoms with Crippen LogP contribution >= 0.6 is 11.6 Å². The lowest BCUT2D eigenvalue weighted by atomic mass is 10.1. The molecule has 2 aromatic rings. The Morgan fingerprint density at radius 3 is 2.71 bits per heavy atom. The third-order valence-corrected chi connectivity index (χ3v) is 2.97. The van der Waals surface area contributed by atoms with Gasteiger partial charge in [-0.15, -0.1) is 0 Å². The van der Waals surface area contributed by atoms with Crippen LogP contribution in [0.5, 0.6) is 0 Å². The van der Waals surface area contributed by atoms with Crippen LogP contribution in [0.2, 0.25) is 5.15 Å². The lowest BCUT2D eigenvalue weighted by Gasteiger charge is -2.07. The number of aryl methyl sites for hydroxylation is 1. The van der Waals surface area contributed by atoms with Gasteiger partial charge in [0.1, 0.15) is 11.0 Å². The first kappa shape index (κ1) is 12.0. The lowest BCUT2D eigenvalue weighted by molar-refractivity contribution is 0.628. The monoisotopic (exact) mass is 250 g/mol. The highest BCUT2D eigenvalue weighted by Gasteiger charge is 2.09. The van der Waals surface area contributed by atoms with E-state index in [-0.39, 0.29) is 5.82 Å². The lowest BCUT2D eigenvalue weighted by Crippen LogP contribution is -1.99. The number of hydrogen-bond donors (Lipinski definition) is 0. The van der Waals surface area contributed by atoms with Crippen molar-refractivity contribution < 1.29 is 4.39 Å². The summed E-state index contributed by atoms with van der Waals surface area (Å²) in [4.78, 5) is 8.58. The van der Waals surface area contributed by atoms with E-state index in [4.69, 9.17) is 11.6 Å². The summed E-state index contributed by atoms with van der Waals surface area (Å²) in [6, 6.07) is 6.19. The van der Waals surface area contributed by atoms with Gasteiger partial charge in [-0.1, -0.05) is 30.7 Å². The van der Waals surface area contributed by atoms with Crippen LogP contribution in [0, 0.1) is 12.7 Å². The largest absolute Gasteiger partial charge is 0.233 e. The summed E-state index contributed by atoms with van der Waals surface area (Å²) in [6.45, 7) is 3.89. The molecule has 0 amide bonds. The summed E-state index contributed by atoms with van der Waals surface area (Å²) in [6.07, 6.45) is 0.774. The van der Waals surface area contributed by atoms with Crippen molar-refractivity contribution in [2.24, 2.45) is 0 Å². The van der Waals surface area contributed by atoms with E-state index in [0.717, 1.165) is 17.7 Å². The Kier molecular flexibility index (Phi) is 3.38. The van der Waals surface area contributed by atoms with Gasteiger partial charge in [-0.2, -0.15) is 0 Å². The van der Waals surface area contributed by atoms with Gasteiger partial charge in [-0.25, -0.2) is 14.4 Å². The van der Waals surface area contributed by atoms with Crippen molar-refractivity contribution in [1.29, 1.82) is 0 Å². The van der Waals surface area contributed by atoms with Crippen molar-refractivity contribution in [2.75, 3.05) is 0 Å². The van der Waals surface area contributed by atoms with E-state index in [0.29, 0.717) is 16.5 Å². The quantitative estimate of drug-likeness (QED) is 0.758. The molecule has 1 aromatic heterocycles. The molecule has 0 unspecified atom stereocenters. The molecule has 1 aromatic carbocycles. The Morgan fingerprint density at radius 2 is 2.06 bits per heavy atom. The molecule has 0 aliphatic heterocycles. The molecular formula is C13H12ClFN2. The maximum Gasteiger partial charge on any atom is 0.161 e. The van der Waals surface area contributed by atoms with Gasteiger partial charge < -0.3 is 0 Å². The van der Waals surface area contributed by atoms with Crippen LogP contribution < -0.4 is 0 Å². The van der Waals surface area contributed by atoms with Crippen LogP contribution in [-0.2, 0) is 6.42 Å². The minimum absolute atomic E-state index is 0.305. The molecule has 0 N–H and O–H groups in total. The van der Waals surface area contributed by atoms with Gasteiger partial charge in [-0.3, -0.25) is 0 Å². The minimum atomic E-state index is -0.305. The maximum absolute atomic E-state index is 13.1. The Hall–Kier alpha value is -1.48. The highest BCUT2D eigenvalue weighted by atomic mass is 35.5. The molecule has 0 atom stereocenters. The average Bonchev–Trinajstić information content (AvgIpc) is 2.32. The zero-order chi connectivity index (χ0) is 12.4. The fraction of sp³-hybridized carbons (Fsp3) is 0.231. The van der Waals surface area contributed by atoms with Gasteiger partial charge in [0.05, 0.1) is 0 Å². The minimum Gasteiger partial charge on any atom is -0.233 e. The van der Waals surface area contributed by atoms with Crippen LogP contribution in [-0.4, -0.2) is 9.97 Å². The predicted molar refractivity (Wildman–Crippen MR) is 66.6 cm³/mol. The van der Waals surface area contributed by atoms with Crippen LogP contribution in [0.1, 0.15) is 18.2 Å². The second kappa shape index (κ2) is 4.80. The van der Waals surface area contributed by atoms with Crippen LogP contribution in [0.15, 0.2) is 24.3 Å². The molecule has 0 bridgehead atoms. The van der Waals surface area contributed by atoms with E-state index in [9.17, 15) is 4.39 Å². The van der Waals surface area contributed by atoms with E-state index in [1.54, 1.807) is 12.1 Å². The summed E-state index contributed by atoms with van der Waals surface area (Å²) < 4.78 is 13.1. The van der Waals surface area contributed by atoms with Gasteiger partial charge in [0, 0.05) is 16.8 Å². The smallest absolute Gasteiger partial charge is 0.161 e. The van der Waals surface area contributed by atoms with Gasteiger partial charge in [0.2, 0.25) is 0 Å².